The molecule has 1 aliphatic heterocycles. The lowest BCUT2D eigenvalue weighted by molar-refractivity contribution is -0.140. The summed E-state index contributed by atoms with van der Waals surface area (Å²) in [6.07, 6.45) is 0.895. The molecule has 1 fully saturated rings. The van der Waals surface area contributed by atoms with Gasteiger partial charge in [-0.15, -0.1) is 0 Å². The van der Waals surface area contributed by atoms with E-state index in [0.29, 0.717) is 60.6 Å². The first-order chi connectivity index (χ1) is 21.3. The average molecular weight is 601 g/mol. The summed E-state index contributed by atoms with van der Waals surface area (Å²) in [5.74, 6) is 0.623. The summed E-state index contributed by atoms with van der Waals surface area (Å²) < 4.78 is 17.5. The number of benzene rings is 3. The standard InChI is InChI=1S/C36H44N2O6/c1-6-37(7-2)20-21-38-33(28-15-18-30(31(23-28)42-5)43-22-19-25(3)4)32(35(40)36(38)41)34(39)27-13-16-29(17-14-27)44-24-26-11-9-8-10-12-26/h8-18,23,25,33,39H,6-7,19-22,24H2,1-5H3. The molecule has 0 aromatic heterocycles. The molecule has 44 heavy (non-hydrogen) atoms. The van der Waals surface area contributed by atoms with Crippen molar-refractivity contribution >= 4 is 17.4 Å². The van der Waals surface area contributed by atoms with Crippen LogP contribution in [0.2, 0.25) is 0 Å². The topological polar surface area (TPSA) is 88.5 Å². The molecule has 4 rings (SSSR count). The van der Waals surface area contributed by atoms with Gasteiger partial charge in [-0.05, 0) is 73.0 Å². The van der Waals surface area contributed by atoms with Gasteiger partial charge < -0.3 is 29.1 Å². The number of rotatable bonds is 15. The van der Waals surface area contributed by atoms with E-state index in [1.165, 1.54) is 0 Å². The number of aliphatic hydroxyl groups excluding tert-OH is 1. The molecule has 234 valence electrons. The van der Waals surface area contributed by atoms with Gasteiger partial charge in [0.2, 0.25) is 0 Å². The maximum absolute atomic E-state index is 13.5. The zero-order chi connectivity index (χ0) is 31.6. The highest BCUT2D eigenvalue weighted by molar-refractivity contribution is 6.46. The van der Waals surface area contributed by atoms with Gasteiger partial charge in [0, 0.05) is 18.7 Å². The van der Waals surface area contributed by atoms with Gasteiger partial charge in [-0.1, -0.05) is 64.1 Å². The highest BCUT2D eigenvalue weighted by Crippen LogP contribution is 2.42. The number of hydrogen-bond donors (Lipinski definition) is 1. The summed E-state index contributed by atoms with van der Waals surface area (Å²) in [6, 6.07) is 21.4. The second-order valence-electron chi connectivity index (χ2n) is 11.3. The second kappa shape index (κ2) is 15.4. The minimum Gasteiger partial charge on any atom is -0.507 e. The van der Waals surface area contributed by atoms with Crippen molar-refractivity contribution in [3.05, 3.63) is 95.1 Å². The molecule has 1 atom stereocenters. The summed E-state index contributed by atoms with van der Waals surface area (Å²) in [7, 11) is 1.56. The molecule has 8 heteroatoms. The smallest absolute Gasteiger partial charge is 0.295 e. The number of Topliss-reactive ketones (excluding diaryl/α,β-unsaturated/α-hetero) is 1. The monoisotopic (exact) mass is 600 g/mol. The van der Waals surface area contributed by atoms with Gasteiger partial charge in [0.25, 0.3) is 11.7 Å². The Morgan fingerprint density at radius 1 is 0.932 bits per heavy atom. The predicted molar refractivity (Wildman–Crippen MR) is 172 cm³/mol. The summed E-state index contributed by atoms with van der Waals surface area (Å²) in [6.45, 7) is 11.9. The van der Waals surface area contributed by atoms with Crippen molar-refractivity contribution in [3.8, 4) is 17.2 Å². The summed E-state index contributed by atoms with van der Waals surface area (Å²) in [5, 5.41) is 11.5. The first kappa shape index (κ1) is 32.6. The van der Waals surface area contributed by atoms with E-state index < -0.39 is 17.7 Å². The van der Waals surface area contributed by atoms with Crippen molar-refractivity contribution in [1.82, 2.24) is 9.80 Å². The molecule has 8 nitrogen and oxygen atoms in total. The van der Waals surface area contributed by atoms with Crippen molar-refractivity contribution < 1.29 is 28.9 Å². The van der Waals surface area contributed by atoms with Crippen LogP contribution in [0.5, 0.6) is 17.2 Å². The molecule has 1 aliphatic rings. The van der Waals surface area contributed by atoms with Crippen molar-refractivity contribution in [2.45, 2.75) is 46.8 Å². The molecule has 0 radical (unpaired) electrons. The van der Waals surface area contributed by atoms with Crippen LogP contribution < -0.4 is 14.2 Å². The van der Waals surface area contributed by atoms with Crippen LogP contribution in [0.15, 0.2) is 78.4 Å². The number of aliphatic hydroxyl groups is 1. The molecule has 1 heterocycles. The minimum atomic E-state index is -0.793. The largest absolute Gasteiger partial charge is 0.507 e. The minimum absolute atomic E-state index is 0.0445. The molecule has 1 amide bonds. The van der Waals surface area contributed by atoms with Gasteiger partial charge in [0.05, 0.1) is 25.3 Å². The fourth-order valence-electron chi connectivity index (χ4n) is 5.23. The molecule has 1 saturated heterocycles. The first-order valence-corrected chi connectivity index (χ1v) is 15.4. The molecule has 1 N–H and O–H groups in total. The Hall–Kier alpha value is -4.30. The van der Waals surface area contributed by atoms with Gasteiger partial charge >= 0.3 is 0 Å². The van der Waals surface area contributed by atoms with Crippen molar-refractivity contribution in [3.63, 3.8) is 0 Å². The third kappa shape index (κ3) is 7.80. The SMILES string of the molecule is CCN(CC)CCN1C(=O)C(=O)C(=C(O)c2ccc(OCc3ccccc3)cc2)C1c1ccc(OCCC(C)C)c(OC)c1. The fraction of sp³-hybridized carbons (Fsp3) is 0.389. The number of ketones is 1. The normalized spacial score (nSPS) is 16.2. The Kier molecular flexibility index (Phi) is 11.4. The fourth-order valence-corrected chi connectivity index (χ4v) is 5.23. The molecule has 3 aromatic carbocycles. The van der Waals surface area contributed by atoms with E-state index >= 15 is 0 Å². The van der Waals surface area contributed by atoms with E-state index in [0.717, 1.165) is 25.1 Å². The van der Waals surface area contributed by atoms with Crippen LogP contribution in [0.4, 0.5) is 0 Å². The molecule has 0 bridgehead atoms. The molecule has 3 aromatic rings. The maximum atomic E-state index is 13.5. The van der Waals surface area contributed by atoms with Gasteiger partial charge in [0.15, 0.2) is 11.5 Å². The van der Waals surface area contributed by atoms with Crippen molar-refractivity contribution in [1.29, 1.82) is 0 Å². The Morgan fingerprint density at radius 2 is 1.64 bits per heavy atom. The van der Waals surface area contributed by atoms with E-state index in [1.54, 1.807) is 48.4 Å². The van der Waals surface area contributed by atoms with Crippen molar-refractivity contribution in [2.24, 2.45) is 5.92 Å². The van der Waals surface area contributed by atoms with Gasteiger partial charge in [-0.3, -0.25) is 9.59 Å². The van der Waals surface area contributed by atoms with Crippen LogP contribution in [-0.4, -0.2) is 66.5 Å². The number of likely N-dealkylation sites (tertiary alicyclic amines) is 1. The highest BCUT2D eigenvalue weighted by Gasteiger charge is 2.46. The lowest BCUT2D eigenvalue weighted by Gasteiger charge is -2.28. The molecule has 1 unspecified atom stereocenters. The Labute approximate surface area is 260 Å². The van der Waals surface area contributed by atoms with E-state index in [2.05, 4.69) is 32.6 Å². The molecule has 0 saturated carbocycles. The number of carbonyl (C=O) groups excluding carboxylic acids is 2. The van der Waals surface area contributed by atoms with Gasteiger partial charge in [0.1, 0.15) is 18.1 Å². The second-order valence-corrected chi connectivity index (χ2v) is 11.3. The first-order valence-electron chi connectivity index (χ1n) is 15.4. The Balaban J connectivity index is 1.68. The zero-order valence-electron chi connectivity index (χ0n) is 26.4. The van der Waals surface area contributed by atoms with Crippen LogP contribution in [0.25, 0.3) is 5.76 Å². The van der Waals surface area contributed by atoms with Crippen LogP contribution >= 0.6 is 0 Å². The number of hydrogen-bond acceptors (Lipinski definition) is 7. The number of likely N-dealkylation sites (N-methyl/N-ethyl adjacent to an activating group) is 1. The van der Waals surface area contributed by atoms with Crippen LogP contribution in [-0.2, 0) is 16.2 Å². The number of carbonyl (C=O) groups is 2. The molecule has 0 aliphatic carbocycles. The third-order valence-corrected chi connectivity index (χ3v) is 7.92. The van der Waals surface area contributed by atoms with Crippen LogP contribution in [0.1, 0.15) is 56.8 Å². The number of amides is 1. The number of methoxy groups -OCH3 is 1. The van der Waals surface area contributed by atoms with Crippen LogP contribution in [0.3, 0.4) is 0 Å². The van der Waals surface area contributed by atoms with E-state index in [1.807, 2.05) is 36.4 Å². The third-order valence-electron chi connectivity index (χ3n) is 7.92. The average Bonchev–Trinajstić information content (AvgIpc) is 3.29. The van der Waals surface area contributed by atoms with Crippen LogP contribution in [0, 0.1) is 5.92 Å². The molecule has 0 spiro atoms. The highest BCUT2D eigenvalue weighted by atomic mass is 16.5. The summed E-state index contributed by atoms with van der Waals surface area (Å²) in [5.41, 5.74) is 2.16. The maximum Gasteiger partial charge on any atom is 0.295 e. The summed E-state index contributed by atoms with van der Waals surface area (Å²) >= 11 is 0. The summed E-state index contributed by atoms with van der Waals surface area (Å²) in [4.78, 5) is 30.8. The van der Waals surface area contributed by atoms with Gasteiger partial charge in [-0.25, -0.2) is 0 Å². The Morgan fingerprint density at radius 3 is 2.27 bits per heavy atom. The van der Waals surface area contributed by atoms with Gasteiger partial charge in [-0.2, -0.15) is 0 Å². The van der Waals surface area contributed by atoms with E-state index in [-0.39, 0.29) is 11.3 Å². The Bertz CT molecular complexity index is 1430. The number of nitrogens with zero attached hydrogens (tertiary/aromatic N) is 2. The zero-order valence-corrected chi connectivity index (χ0v) is 26.4. The molecular formula is C36H44N2O6. The van der Waals surface area contributed by atoms with Crippen molar-refractivity contribution in [2.75, 3.05) is 39.9 Å². The van der Waals surface area contributed by atoms with E-state index in [4.69, 9.17) is 14.2 Å². The van der Waals surface area contributed by atoms with E-state index in [9.17, 15) is 14.7 Å². The predicted octanol–water partition coefficient (Wildman–Crippen LogP) is 6.46. The molecular weight excluding hydrogens is 556 g/mol. The lowest BCUT2D eigenvalue weighted by Crippen LogP contribution is -2.38. The number of ether oxygens (including phenoxy) is 3. The quantitative estimate of drug-likeness (QED) is 0.122. The lowest BCUT2D eigenvalue weighted by atomic mass is 9.95.